The molecular weight excluding hydrogens is 360 g/mol. The molecule has 1 amide bonds. The standard InChI is InChI=1S/C21H26N2O5/c1-16(24)17-3-5-18(6-4-17)27-15-19-7-8-20(28-19)21(25)22-9-2-10-23-11-13-26-14-12-23/h3-8H,2,9-15H2,1H3,(H,22,25). The number of nitrogens with zero attached hydrogens (tertiary/aromatic N) is 1. The molecule has 3 rings (SSSR count). The van der Waals surface area contributed by atoms with E-state index in [1.807, 2.05) is 0 Å². The zero-order valence-corrected chi connectivity index (χ0v) is 16.1. The molecule has 1 N–H and O–H groups in total. The fourth-order valence-corrected chi connectivity index (χ4v) is 2.93. The third-order valence-corrected chi connectivity index (χ3v) is 4.57. The van der Waals surface area contributed by atoms with Crippen LogP contribution in [0.3, 0.4) is 0 Å². The van der Waals surface area contributed by atoms with Crippen molar-refractivity contribution in [2.24, 2.45) is 0 Å². The molecule has 2 aromatic rings. The quantitative estimate of drug-likeness (QED) is 0.527. The summed E-state index contributed by atoms with van der Waals surface area (Å²) in [6.07, 6.45) is 0.888. The number of rotatable bonds is 9. The van der Waals surface area contributed by atoms with Crippen LogP contribution in [0.15, 0.2) is 40.8 Å². The van der Waals surface area contributed by atoms with E-state index in [-0.39, 0.29) is 24.1 Å². The maximum absolute atomic E-state index is 12.2. The topological polar surface area (TPSA) is 81.0 Å². The highest BCUT2D eigenvalue weighted by molar-refractivity contribution is 5.94. The van der Waals surface area contributed by atoms with E-state index >= 15 is 0 Å². The van der Waals surface area contributed by atoms with E-state index in [0.717, 1.165) is 39.3 Å². The molecule has 7 heteroatoms. The summed E-state index contributed by atoms with van der Waals surface area (Å²) in [5, 5.41) is 2.88. The Labute approximate surface area is 164 Å². The van der Waals surface area contributed by atoms with Crippen LogP contribution < -0.4 is 10.1 Å². The van der Waals surface area contributed by atoms with Gasteiger partial charge in [0.05, 0.1) is 13.2 Å². The Kier molecular flexibility index (Phi) is 7.22. The van der Waals surface area contributed by atoms with Crippen molar-refractivity contribution in [2.45, 2.75) is 20.0 Å². The molecule has 0 bridgehead atoms. The number of Topliss-reactive ketones (excluding diaryl/α,β-unsaturated/α-hetero) is 1. The number of carbonyl (C=O) groups excluding carboxylic acids is 2. The van der Waals surface area contributed by atoms with Gasteiger partial charge in [0.2, 0.25) is 0 Å². The van der Waals surface area contributed by atoms with Crippen molar-refractivity contribution in [1.29, 1.82) is 0 Å². The van der Waals surface area contributed by atoms with Crippen LogP contribution in [0.25, 0.3) is 0 Å². The maximum Gasteiger partial charge on any atom is 0.286 e. The number of amides is 1. The van der Waals surface area contributed by atoms with Crippen molar-refractivity contribution in [2.75, 3.05) is 39.4 Å². The van der Waals surface area contributed by atoms with Gasteiger partial charge in [-0.25, -0.2) is 0 Å². The molecule has 1 aliphatic heterocycles. The number of hydrogen-bond acceptors (Lipinski definition) is 6. The van der Waals surface area contributed by atoms with Gasteiger partial charge in [-0.15, -0.1) is 0 Å². The summed E-state index contributed by atoms with van der Waals surface area (Å²) in [6.45, 7) is 6.75. The van der Waals surface area contributed by atoms with Crippen molar-refractivity contribution in [3.8, 4) is 5.75 Å². The summed E-state index contributed by atoms with van der Waals surface area (Å²) < 4.78 is 16.5. The number of furan rings is 1. The number of ether oxygens (including phenoxy) is 2. The SMILES string of the molecule is CC(=O)c1ccc(OCc2ccc(C(=O)NCCCN3CCOCC3)o2)cc1. The van der Waals surface area contributed by atoms with E-state index in [1.165, 1.54) is 6.92 Å². The second kappa shape index (κ2) is 10.1. The van der Waals surface area contributed by atoms with E-state index in [4.69, 9.17) is 13.9 Å². The first kappa shape index (κ1) is 20.1. The minimum Gasteiger partial charge on any atom is -0.486 e. The number of hydrogen-bond donors (Lipinski definition) is 1. The Bertz CT molecular complexity index is 778. The normalized spacial score (nSPS) is 14.6. The minimum atomic E-state index is -0.223. The first-order valence-corrected chi connectivity index (χ1v) is 9.52. The van der Waals surface area contributed by atoms with Crippen LogP contribution in [0.5, 0.6) is 5.75 Å². The van der Waals surface area contributed by atoms with Crippen molar-refractivity contribution in [3.05, 3.63) is 53.5 Å². The molecule has 1 aliphatic rings. The van der Waals surface area contributed by atoms with Gasteiger partial charge in [-0.05, 0) is 56.3 Å². The van der Waals surface area contributed by atoms with Crippen LogP contribution in [-0.4, -0.2) is 56.0 Å². The van der Waals surface area contributed by atoms with Gasteiger partial charge in [0, 0.05) is 25.2 Å². The molecule has 1 aromatic heterocycles. The number of morpholine rings is 1. The third kappa shape index (κ3) is 5.94. The van der Waals surface area contributed by atoms with E-state index in [1.54, 1.807) is 36.4 Å². The molecule has 0 atom stereocenters. The highest BCUT2D eigenvalue weighted by Gasteiger charge is 2.13. The van der Waals surface area contributed by atoms with Gasteiger partial charge in [-0.2, -0.15) is 0 Å². The zero-order chi connectivity index (χ0) is 19.8. The third-order valence-electron chi connectivity index (χ3n) is 4.57. The molecule has 1 saturated heterocycles. The fourth-order valence-electron chi connectivity index (χ4n) is 2.93. The van der Waals surface area contributed by atoms with Crippen LogP contribution in [0.1, 0.15) is 40.0 Å². The van der Waals surface area contributed by atoms with Crippen molar-refractivity contribution < 1.29 is 23.5 Å². The van der Waals surface area contributed by atoms with Gasteiger partial charge in [0.15, 0.2) is 11.5 Å². The molecule has 0 aliphatic carbocycles. The first-order chi connectivity index (χ1) is 13.6. The van der Waals surface area contributed by atoms with Gasteiger partial charge >= 0.3 is 0 Å². The Hall–Kier alpha value is -2.64. The minimum absolute atomic E-state index is 0.0122. The molecule has 2 heterocycles. The lowest BCUT2D eigenvalue weighted by Crippen LogP contribution is -2.38. The molecule has 0 unspecified atom stereocenters. The molecule has 0 saturated carbocycles. The zero-order valence-electron chi connectivity index (χ0n) is 16.1. The van der Waals surface area contributed by atoms with Crippen LogP contribution in [0.2, 0.25) is 0 Å². The summed E-state index contributed by atoms with van der Waals surface area (Å²) in [6, 6.07) is 10.3. The average molecular weight is 386 g/mol. The molecule has 1 fully saturated rings. The van der Waals surface area contributed by atoms with Gasteiger partial charge in [-0.3, -0.25) is 14.5 Å². The molecular formula is C21H26N2O5. The molecule has 1 aromatic carbocycles. The second-order valence-electron chi connectivity index (χ2n) is 6.70. The van der Waals surface area contributed by atoms with Gasteiger partial charge in [0.1, 0.15) is 18.1 Å². The smallest absolute Gasteiger partial charge is 0.286 e. The van der Waals surface area contributed by atoms with Crippen LogP contribution in [-0.2, 0) is 11.3 Å². The summed E-state index contributed by atoms with van der Waals surface area (Å²) in [4.78, 5) is 25.8. The Morgan fingerprint density at radius 2 is 1.86 bits per heavy atom. The molecule has 7 nitrogen and oxygen atoms in total. The summed E-state index contributed by atoms with van der Waals surface area (Å²) in [5.74, 6) is 1.26. The van der Waals surface area contributed by atoms with E-state index in [2.05, 4.69) is 10.2 Å². The molecule has 0 radical (unpaired) electrons. The average Bonchev–Trinajstić information content (AvgIpc) is 3.20. The molecule has 150 valence electrons. The highest BCUT2D eigenvalue weighted by atomic mass is 16.5. The first-order valence-electron chi connectivity index (χ1n) is 9.52. The van der Waals surface area contributed by atoms with E-state index < -0.39 is 0 Å². The number of nitrogens with one attached hydrogen (secondary N) is 1. The van der Waals surface area contributed by atoms with Crippen molar-refractivity contribution in [1.82, 2.24) is 10.2 Å². The van der Waals surface area contributed by atoms with Gasteiger partial charge < -0.3 is 19.2 Å². The Morgan fingerprint density at radius 1 is 1.11 bits per heavy atom. The molecule has 28 heavy (non-hydrogen) atoms. The maximum atomic E-state index is 12.2. The number of benzene rings is 1. The van der Waals surface area contributed by atoms with E-state index in [9.17, 15) is 9.59 Å². The lowest BCUT2D eigenvalue weighted by Gasteiger charge is -2.26. The van der Waals surface area contributed by atoms with Gasteiger partial charge in [0.25, 0.3) is 5.91 Å². The van der Waals surface area contributed by atoms with Gasteiger partial charge in [-0.1, -0.05) is 0 Å². The number of carbonyl (C=O) groups is 2. The van der Waals surface area contributed by atoms with Crippen LogP contribution in [0, 0.1) is 0 Å². The van der Waals surface area contributed by atoms with Crippen molar-refractivity contribution >= 4 is 11.7 Å². The Balaban J connectivity index is 1.39. The summed E-state index contributed by atoms with van der Waals surface area (Å²) in [7, 11) is 0. The van der Waals surface area contributed by atoms with Crippen molar-refractivity contribution in [3.63, 3.8) is 0 Å². The fraction of sp³-hybridized carbons (Fsp3) is 0.429. The largest absolute Gasteiger partial charge is 0.486 e. The summed E-state index contributed by atoms with van der Waals surface area (Å²) in [5.41, 5.74) is 0.637. The van der Waals surface area contributed by atoms with E-state index in [0.29, 0.717) is 23.6 Å². The monoisotopic (exact) mass is 386 g/mol. The molecule has 0 spiro atoms. The lowest BCUT2D eigenvalue weighted by atomic mass is 10.1. The van der Waals surface area contributed by atoms with Crippen LogP contribution in [0.4, 0.5) is 0 Å². The predicted octanol–water partition coefficient (Wildman–Crippen LogP) is 2.51. The van der Waals surface area contributed by atoms with Crippen LogP contribution >= 0.6 is 0 Å². The lowest BCUT2D eigenvalue weighted by molar-refractivity contribution is 0.0374. The predicted molar refractivity (Wildman–Crippen MR) is 104 cm³/mol. The summed E-state index contributed by atoms with van der Waals surface area (Å²) >= 11 is 0. The second-order valence-corrected chi connectivity index (χ2v) is 6.70. The Morgan fingerprint density at radius 3 is 2.57 bits per heavy atom. The highest BCUT2D eigenvalue weighted by Crippen LogP contribution is 2.16. The number of ketones is 1.